The maximum absolute atomic E-state index is 13.9. The molecule has 2 aliphatic rings. The van der Waals surface area contributed by atoms with Gasteiger partial charge in [0.15, 0.2) is 0 Å². The number of sulfonamides is 1. The molecule has 0 radical (unpaired) electrons. The Bertz CT molecular complexity index is 1860. The molecule has 1 fully saturated rings. The van der Waals surface area contributed by atoms with Gasteiger partial charge in [-0.1, -0.05) is 29.2 Å². The normalized spacial score (nSPS) is 19.9. The number of primary sulfonamides is 1. The van der Waals surface area contributed by atoms with Crippen LogP contribution in [0.2, 0.25) is 0 Å². The van der Waals surface area contributed by atoms with Crippen molar-refractivity contribution in [3.8, 4) is 5.75 Å². The predicted molar refractivity (Wildman–Crippen MR) is 160 cm³/mol. The highest BCUT2D eigenvalue weighted by Crippen LogP contribution is 2.54. The van der Waals surface area contributed by atoms with Gasteiger partial charge in [-0.25, -0.2) is 18.5 Å². The number of methoxy groups -OCH3 is 1. The quantitative estimate of drug-likeness (QED) is 0.291. The number of ether oxygens (including phenoxy) is 1. The number of carbonyl (C=O) groups is 3. The molecule has 11 nitrogen and oxygen atoms in total. The minimum atomic E-state index is -3.89. The zero-order chi connectivity index (χ0) is 29.8. The maximum Gasteiger partial charge on any atom is 0.308 e. The van der Waals surface area contributed by atoms with Crippen LogP contribution in [0.5, 0.6) is 5.75 Å². The molecule has 3 atom stereocenters. The Morgan fingerprint density at radius 2 is 1.74 bits per heavy atom. The molecule has 2 aliphatic heterocycles. The first kappa shape index (κ1) is 28.4. The van der Waals surface area contributed by atoms with E-state index in [1.807, 2.05) is 17.5 Å². The monoisotopic (exact) mass is 642 g/mol. The van der Waals surface area contributed by atoms with Crippen molar-refractivity contribution in [3.05, 3.63) is 85.5 Å². The molecule has 2 aromatic heterocycles. The summed E-state index contributed by atoms with van der Waals surface area (Å²) in [5.41, 5.74) is 0.750. The van der Waals surface area contributed by atoms with Crippen molar-refractivity contribution in [2.75, 3.05) is 17.3 Å². The van der Waals surface area contributed by atoms with E-state index in [-0.39, 0.29) is 22.2 Å². The molecule has 0 saturated carbocycles. The summed E-state index contributed by atoms with van der Waals surface area (Å²) < 4.78 is 29.6. The number of hydrogen-bond donors (Lipinski definition) is 2. The lowest BCUT2D eigenvalue weighted by atomic mass is 9.87. The maximum atomic E-state index is 13.9. The number of thioether (sulfide) groups is 1. The van der Waals surface area contributed by atoms with Gasteiger partial charge in [0.25, 0.3) is 0 Å². The van der Waals surface area contributed by atoms with Crippen LogP contribution in [0.25, 0.3) is 0 Å². The lowest BCUT2D eigenvalue weighted by molar-refractivity contribution is -0.122. The van der Waals surface area contributed by atoms with E-state index in [4.69, 9.17) is 9.88 Å². The van der Waals surface area contributed by atoms with Crippen LogP contribution in [-0.2, 0) is 31.0 Å². The summed E-state index contributed by atoms with van der Waals surface area (Å²) in [7, 11) is -2.36. The Balaban J connectivity index is 1.33. The van der Waals surface area contributed by atoms with E-state index in [2.05, 4.69) is 5.32 Å². The first-order chi connectivity index (χ1) is 20.1. The van der Waals surface area contributed by atoms with E-state index >= 15 is 0 Å². The topological polar surface area (TPSA) is 158 Å². The van der Waals surface area contributed by atoms with Gasteiger partial charge in [0, 0.05) is 21.4 Å². The number of fused-ring (bicyclic) bond motifs is 2. The van der Waals surface area contributed by atoms with Crippen LogP contribution in [0.15, 0.2) is 80.8 Å². The number of rotatable bonds is 7. The fourth-order valence-electron chi connectivity index (χ4n) is 5.09. The van der Waals surface area contributed by atoms with Crippen molar-refractivity contribution >= 4 is 73.6 Å². The third-order valence-corrected chi connectivity index (χ3v) is 11.5. The zero-order valence-electron chi connectivity index (χ0n) is 21.8. The van der Waals surface area contributed by atoms with Gasteiger partial charge >= 0.3 is 4.87 Å². The first-order valence-corrected chi connectivity index (χ1v) is 16.6. The number of thiazole rings is 1. The Morgan fingerprint density at radius 1 is 1.02 bits per heavy atom. The SMILES string of the molecule is COc1ccc(N2C(=O)C3Sc4c(sc(=O)n4CC(=O)Nc4ccc(S(N)(=O)=O)cc4)[C@H](c4cccs4)C3C2=O)cc1. The fraction of sp³-hybridized carbons (Fsp3) is 0.185. The number of amides is 3. The summed E-state index contributed by atoms with van der Waals surface area (Å²) in [4.78, 5) is 56.0. The Kier molecular flexibility index (Phi) is 7.31. The smallest absolute Gasteiger partial charge is 0.308 e. The molecule has 216 valence electrons. The third kappa shape index (κ3) is 4.96. The van der Waals surface area contributed by atoms with E-state index in [9.17, 15) is 27.6 Å². The predicted octanol–water partition coefficient (Wildman–Crippen LogP) is 3.06. The number of hydrogen-bond acceptors (Lipinski definition) is 10. The molecule has 42 heavy (non-hydrogen) atoms. The summed E-state index contributed by atoms with van der Waals surface area (Å²) >= 11 is 3.53. The number of carbonyl (C=O) groups excluding carboxylic acids is 3. The number of benzene rings is 2. The van der Waals surface area contributed by atoms with Gasteiger partial charge < -0.3 is 10.1 Å². The van der Waals surface area contributed by atoms with E-state index in [1.54, 1.807) is 24.3 Å². The van der Waals surface area contributed by atoms with Gasteiger partial charge in [0.05, 0.1) is 28.6 Å². The van der Waals surface area contributed by atoms with Crippen LogP contribution in [0.4, 0.5) is 11.4 Å². The van der Waals surface area contributed by atoms with E-state index < -0.39 is 38.9 Å². The average Bonchev–Trinajstić information content (AvgIpc) is 3.66. The molecule has 1 saturated heterocycles. The van der Waals surface area contributed by atoms with Crippen molar-refractivity contribution < 1.29 is 27.5 Å². The van der Waals surface area contributed by atoms with Gasteiger partial charge in [-0.3, -0.25) is 23.7 Å². The summed E-state index contributed by atoms with van der Waals surface area (Å²) in [5, 5.41) is 9.34. The number of aromatic nitrogens is 1. The summed E-state index contributed by atoms with van der Waals surface area (Å²) in [6.07, 6.45) is 0. The van der Waals surface area contributed by atoms with Crippen molar-refractivity contribution in [2.24, 2.45) is 11.1 Å². The highest BCUT2D eigenvalue weighted by atomic mass is 32.2. The molecule has 4 heterocycles. The Hall–Kier alpha value is -3.76. The van der Waals surface area contributed by atoms with Gasteiger partial charge in [0.1, 0.15) is 17.5 Å². The second kappa shape index (κ2) is 10.8. The van der Waals surface area contributed by atoms with Crippen LogP contribution in [0.1, 0.15) is 15.7 Å². The van der Waals surface area contributed by atoms with Gasteiger partial charge in [-0.05, 0) is 60.0 Å². The Labute approximate surface area is 252 Å². The lowest BCUT2D eigenvalue weighted by Crippen LogP contribution is -2.32. The number of thiophene rings is 1. The van der Waals surface area contributed by atoms with Crippen LogP contribution in [0.3, 0.4) is 0 Å². The summed E-state index contributed by atoms with van der Waals surface area (Å²) in [5.74, 6) is -1.93. The van der Waals surface area contributed by atoms with E-state index in [0.29, 0.717) is 27.0 Å². The van der Waals surface area contributed by atoms with Crippen LogP contribution in [0, 0.1) is 5.92 Å². The van der Waals surface area contributed by atoms with Crippen LogP contribution >= 0.6 is 34.4 Å². The number of nitrogens with one attached hydrogen (secondary N) is 1. The molecule has 2 aromatic carbocycles. The van der Waals surface area contributed by atoms with Crippen molar-refractivity contribution in [1.29, 1.82) is 0 Å². The molecule has 3 amide bonds. The fourth-order valence-corrected chi connectivity index (χ4v) is 9.32. The first-order valence-electron chi connectivity index (χ1n) is 12.4. The van der Waals surface area contributed by atoms with Crippen molar-refractivity contribution in [3.63, 3.8) is 0 Å². The van der Waals surface area contributed by atoms with Crippen LogP contribution < -0.4 is 25.0 Å². The average molecular weight is 643 g/mol. The van der Waals surface area contributed by atoms with Crippen LogP contribution in [-0.4, -0.2) is 43.1 Å². The van der Waals surface area contributed by atoms with Gasteiger partial charge in [-0.2, -0.15) is 0 Å². The van der Waals surface area contributed by atoms with Gasteiger partial charge in [0.2, 0.25) is 27.7 Å². The van der Waals surface area contributed by atoms with Crippen molar-refractivity contribution in [1.82, 2.24) is 4.57 Å². The second-order valence-corrected chi connectivity index (χ2v) is 14.2. The minimum absolute atomic E-state index is 0.103. The van der Waals surface area contributed by atoms with Gasteiger partial charge in [-0.15, -0.1) is 11.3 Å². The molecule has 0 spiro atoms. The molecule has 3 N–H and O–H groups in total. The van der Waals surface area contributed by atoms with E-state index in [1.165, 1.54) is 52.2 Å². The highest BCUT2D eigenvalue weighted by Gasteiger charge is 2.57. The van der Waals surface area contributed by atoms with Crippen molar-refractivity contribution in [2.45, 2.75) is 27.6 Å². The number of nitrogens with two attached hydrogens (primary N) is 1. The summed E-state index contributed by atoms with van der Waals surface area (Å²) in [6, 6.07) is 15.7. The largest absolute Gasteiger partial charge is 0.497 e. The number of imide groups is 1. The number of anilines is 2. The molecule has 2 unspecified atom stereocenters. The lowest BCUT2D eigenvalue weighted by Gasteiger charge is -2.29. The molecule has 0 aliphatic carbocycles. The standard InChI is InChI=1S/C27H22N4O7S4/c1-38-16-8-6-15(7-9-16)31-24(33)21-20(18-3-2-12-39-18)23-26(40-22(21)25(31)34)30(27(35)41-23)13-19(32)29-14-4-10-17(11-5-14)42(28,36)37/h2-12,20-22H,13H2,1H3,(H,29,32)(H2,28,36,37)/t20-,21?,22?/m1/s1. The molecule has 15 heteroatoms. The minimum Gasteiger partial charge on any atom is -0.497 e. The highest BCUT2D eigenvalue weighted by molar-refractivity contribution is 8.00. The third-order valence-electron chi connectivity index (χ3n) is 7.00. The molecule has 6 rings (SSSR count). The van der Waals surface area contributed by atoms with E-state index in [0.717, 1.165) is 28.0 Å². The number of nitrogens with zero attached hydrogens (tertiary/aromatic N) is 2. The summed E-state index contributed by atoms with van der Waals surface area (Å²) in [6.45, 7) is -0.340. The molecular weight excluding hydrogens is 621 g/mol. The Morgan fingerprint density at radius 3 is 2.36 bits per heavy atom. The zero-order valence-corrected chi connectivity index (χ0v) is 25.0. The molecule has 0 bridgehead atoms. The molecular formula is C27H22N4O7S4. The molecule has 4 aromatic rings. The second-order valence-electron chi connectivity index (χ2n) is 9.51.